The van der Waals surface area contributed by atoms with Crippen LogP contribution in [0.15, 0.2) is 36.5 Å². The van der Waals surface area contributed by atoms with Gasteiger partial charge < -0.3 is 15.0 Å². The average molecular weight is 234 g/mol. The van der Waals surface area contributed by atoms with E-state index in [4.69, 9.17) is 10.5 Å². The molecule has 0 amide bonds. The Bertz CT molecular complexity index is 546. The Labute approximate surface area is 97.4 Å². The van der Waals surface area contributed by atoms with E-state index in [1.807, 2.05) is 0 Å². The van der Waals surface area contributed by atoms with Crippen molar-refractivity contribution in [3.8, 4) is 5.75 Å². The molecule has 0 aliphatic carbocycles. The van der Waals surface area contributed by atoms with E-state index in [0.29, 0.717) is 5.82 Å². The van der Waals surface area contributed by atoms with Gasteiger partial charge in [-0.25, -0.2) is 9.18 Å². The third kappa shape index (κ3) is 2.28. The second-order valence-electron chi connectivity index (χ2n) is 3.57. The van der Waals surface area contributed by atoms with Gasteiger partial charge in [-0.05, 0) is 30.3 Å². The molecule has 0 spiro atoms. The van der Waals surface area contributed by atoms with Gasteiger partial charge in [0.1, 0.15) is 22.9 Å². The van der Waals surface area contributed by atoms with Crippen LogP contribution < -0.4 is 10.5 Å². The molecule has 1 aromatic carbocycles. The van der Waals surface area contributed by atoms with E-state index < -0.39 is 5.97 Å². The molecule has 17 heavy (non-hydrogen) atoms. The van der Waals surface area contributed by atoms with Crippen LogP contribution in [0.25, 0.3) is 0 Å². The number of anilines is 1. The van der Waals surface area contributed by atoms with Gasteiger partial charge in [-0.3, -0.25) is 0 Å². The summed E-state index contributed by atoms with van der Waals surface area (Å²) in [5, 5.41) is 0. The SMILES string of the molecule is Cn1ccc(C(=O)Oc2ccc(F)cc2)c1N. The zero-order valence-corrected chi connectivity index (χ0v) is 9.18. The second-order valence-corrected chi connectivity index (χ2v) is 3.57. The maximum Gasteiger partial charge on any atom is 0.347 e. The van der Waals surface area contributed by atoms with Crippen molar-refractivity contribution in [3.05, 3.63) is 47.9 Å². The van der Waals surface area contributed by atoms with Gasteiger partial charge in [0, 0.05) is 13.2 Å². The van der Waals surface area contributed by atoms with Crippen molar-refractivity contribution in [1.29, 1.82) is 0 Å². The maximum absolute atomic E-state index is 12.7. The van der Waals surface area contributed by atoms with Crippen LogP contribution in [-0.2, 0) is 7.05 Å². The minimum absolute atomic E-state index is 0.277. The molecule has 0 atom stereocenters. The minimum atomic E-state index is -0.560. The van der Waals surface area contributed by atoms with Crippen molar-refractivity contribution in [1.82, 2.24) is 4.57 Å². The first kappa shape index (κ1) is 11.2. The average Bonchev–Trinajstić information content (AvgIpc) is 2.63. The highest BCUT2D eigenvalue weighted by Gasteiger charge is 2.14. The normalized spacial score (nSPS) is 10.2. The van der Waals surface area contributed by atoms with Crippen LogP contribution in [0.2, 0.25) is 0 Å². The van der Waals surface area contributed by atoms with Crippen molar-refractivity contribution in [2.75, 3.05) is 5.73 Å². The molecule has 0 saturated carbocycles. The van der Waals surface area contributed by atoms with Crippen molar-refractivity contribution < 1.29 is 13.9 Å². The van der Waals surface area contributed by atoms with Crippen LogP contribution in [0.1, 0.15) is 10.4 Å². The van der Waals surface area contributed by atoms with Crippen LogP contribution >= 0.6 is 0 Å². The Morgan fingerprint density at radius 1 is 1.29 bits per heavy atom. The molecule has 5 heteroatoms. The first-order valence-electron chi connectivity index (χ1n) is 4.96. The van der Waals surface area contributed by atoms with E-state index in [9.17, 15) is 9.18 Å². The maximum atomic E-state index is 12.7. The number of halogens is 1. The number of ether oxygens (including phenoxy) is 1. The van der Waals surface area contributed by atoms with Gasteiger partial charge >= 0.3 is 5.97 Å². The largest absolute Gasteiger partial charge is 0.423 e. The van der Waals surface area contributed by atoms with Gasteiger partial charge in [-0.1, -0.05) is 0 Å². The van der Waals surface area contributed by atoms with Crippen molar-refractivity contribution in [3.63, 3.8) is 0 Å². The fourth-order valence-corrected chi connectivity index (χ4v) is 1.38. The van der Waals surface area contributed by atoms with Gasteiger partial charge in [0.25, 0.3) is 0 Å². The highest BCUT2D eigenvalue weighted by Crippen LogP contribution is 2.17. The molecule has 4 nitrogen and oxygen atoms in total. The zero-order valence-electron chi connectivity index (χ0n) is 9.18. The smallest absolute Gasteiger partial charge is 0.347 e. The molecule has 0 fully saturated rings. The lowest BCUT2D eigenvalue weighted by Crippen LogP contribution is -2.10. The molecule has 0 bridgehead atoms. The summed E-state index contributed by atoms with van der Waals surface area (Å²) >= 11 is 0. The molecule has 2 N–H and O–H groups in total. The molecule has 0 saturated heterocycles. The molecule has 0 unspecified atom stereocenters. The molecule has 1 heterocycles. The highest BCUT2D eigenvalue weighted by atomic mass is 19.1. The number of nitrogens with two attached hydrogens (primary N) is 1. The Morgan fingerprint density at radius 3 is 2.47 bits per heavy atom. The first-order chi connectivity index (χ1) is 8.08. The summed E-state index contributed by atoms with van der Waals surface area (Å²) in [6.45, 7) is 0. The molecule has 2 aromatic rings. The van der Waals surface area contributed by atoms with Crippen LogP contribution in [0.3, 0.4) is 0 Å². The Morgan fingerprint density at radius 2 is 1.94 bits per heavy atom. The summed E-state index contributed by atoms with van der Waals surface area (Å²) in [6.07, 6.45) is 1.66. The van der Waals surface area contributed by atoms with Crippen LogP contribution in [0.4, 0.5) is 10.2 Å². The van der Waals surface area contributed by atoms with E-state index in [-0.39, 0.29) is 17.1 Å². The number of carbonyl (C=O) groups is 1. The molecule has 0 radical (unpaired) electrons. The van der Waals surface area contributed by atoms with E-state index >= 15 is 0 Å². The number of hydrogen-bond donors (Lipinski definition) is 1. The fraction of sp³-hybridized carbons (Fsp3) is 0.0833. The summed E-state index contributed by atoms with van der Waals surface area (Å²) < 4.78 is 19.3. The summed E-state index contributed by atoms with van der Waals surface area (Å²) in [5.41, 5.74) is 5.97. The van der Waals surface area contributed by atoms with Crippen LogP contribution in [-0.4, -0.2) is 10.5 Å². The van der Waals surface area contributed by atoms with Gasteiger partial charge in [0.2, 0.25) is 0 Å². The van der Waals surface area contributed by atoms with E-state index in [2.05, 4.69) is 0 Å². The van der Waals surface area contributed by atoms with Crippen molar-refractivity contribution >= 4 is 11.8 Å². The Hall–Kier alpha value is -2.30. The number of nitrogen functional groups attached to an aromatic ring is 1. The number of esters is 1. The fourth-order valence-electron chi connectivity index (χ4n) is 1.38. The van der Waals surface area contributed by atoms with Gasteiger partial charge in [0.15, 0.2) is 0 Å². The molecule has 1 aromatic heterocycles. The van der Waals surface area contributed by atoms with Crippen molar-refractivity contribution in [2.24, 2.45) is 7.05 Å². The topological polar surface area (TPSA) is 57.2 Å². The molecule has 88 valence electrons. The zero-order chi connectivity index (χ0) is 12.4. The number of nitrogens with zero attached hydrogens (tertiary/aromatic N) is 1. The Balaban J connectivity index is 2.17. The van der Waals surface area contributed by atoms with Gasteiger partial charge in [-0.15, -0.1) is 0 Å². The third-order valence-corrected chi connectivity index (χ3v) is 2.36. The third-order valence-electron chi connectivity index (χ3n) is 2.36. The van der Waals surface area contributed by atoms with Gasteiger partial charge in [0.05, 0.1) is 0 Å². The molecule has 0 aliphatic heterocycles. The standard InChI is InChI=1S/C12H11FN2O2/c1-15-7-6-10(11(15)14)12(16)17-9-4-2-8(13)3-5-9/h2-7H,14H2,1H3. The monoisotopic (exact) mass is 234 g/mol. The number of benzene rings is 1. The lowest BCUT2D eigenvalue weighted by molar-refractivity contribution is 0.0736. The molecular formula is C12H11FN2O2. The summed E-state index contributed by atoms with van der Waals surface area (Å²) in [4.78, 5) is 11.7. The van der Waals surface area contributed by atoms with E-state index in [1.165, 1.54) is 24.3 Å². The quantitative estimate of drug-likeness (QED) is 0.638. The number of rotatable bonds is 2. The molecular weight excluding hydrogens is 223 g/mol. The number of hydrogen-bond acceptors (Lipinski definition) is 3. The Kier molecular flexibility index (Phi) is 2.82. The molecule has 0 aliphatic rings. The first-order valence-corrected chi connectivity index (χ1v) is 4.96. The number of aromatic nitrogens is 1. The second kappa shape index (κ2) is 4.29. The van der Waals surface area contributed by atoms with Crippen LogP contribution in [0.5, 0.6) is 5.75 Å². The lowest BCUT2D eigenvalue weighted by Gasteiger charge is -2.04. The predicted molar refractivity (Wildman–Crippen MR) is 61.2 cm³/mol. The lowest BCUT2D eigenvalue weighted by atomic mass is 10.3. The molecule has 2 rings (SSSR count). The summed E-state index contributed by atoms with van der Waals surface area (Å²) in [5.74, 6) is -0.338. The summed E-state index contributed by atoms with van der Waals surface area (Å²) in [6, 6.07) is 6.77. The number of carbonyl (C=O) groups excluding carboxylic acids is 1. The highest BCUT2D eigenvalue weighted by molar-refractivity contribution is 5.95. The number of aryl methyl sites for hydroxylation is 1. The van der Waals surface area contributed by atoms with E-state index in [0.717, 1.165) is 0 Å². The minimum Gasteiger partial charge on any atom is -0.423 e. The van der Waals surface area contributed by atoms with Gasteiger partial charge in [-0.2, -0.15) is 0 Å². The van der Waals surface area contributed by atoms with Crippen LogP contribution in [0, 0.1) is 5.82 Å². The van der Waals surface area contributed by atoms with E-state index in [1.54, 1.807) is 23.9 Å². The predicted octanol–water partition coefficient (Wildman–Crippen LogP) is 1.97. The van der Waals surface area contributed by atoms with Crippen molar-refractivity contribution in [2.45, 2.75) is 0 Å². The summed E-state index contributed by atoms with van der Waals surface area (Å²) in [7, 11) is 1.73.